The minimum atomic E-state index is -0.137. The molecule has 0 bridgehead atoms. The van der Waals surface area contributed by atoms with Gasteiger partial charge in [-0.05, 0) is 55.5 Å². The van der Waals surface area contributed by atoms with E-state index in [1.54, 1.807) is 24.5 Å². The summed E-state index contributed by atoms with van der Waals surface area (Å²) < 4.78 is 5.80. The van der Waals surface area contributed by atoms with E-state index in [1.165, 1.54) is 17.3 Å². The standard InChI is InChI=1S/C22H19N5O2S/c1-15-2-6-18(7-3-15)29-19-8-4-17(5-9-19)24-20(28)14-30-22-25-21(26-27-22)16-10-12-23-13-11-16/h2-13H,14H2,1H3,(H,24,28)(H,25,26,27). The third-order valence-corrected chi connectivity index (χ3v) is 4.99. The zero-order valence-corrected chi connectivity index (χ0v) is 17.0. The van der Waals surface area contributed by atoms with Gasteiger partial charge in [-0.1, -0.05) is 29.5 Å². The summed E-state index contributed by atoms with van der Waals surface area (Å²) in [6.07, 6.45) is 3.38. The Morgan fingerprint density at radius 1 is 1.00 bits per heavy atom. The highest BCUT2D eigenvalue weighted by Gasteiger charge is 2.09. The van der Waals surface area contributed by atoms with Crippen molar-refractivity contribution < 1.29 is 9.53 Å². The highest BCUT2D eigenvalue weighted by atomic mass is 32.2. The Hall–Kier alpha value is -3.65. The number of ether oxygens (including phenoxy) is 1. The second-order valence-electron chi connectivity index (χ2n) is 6.48. The summed E-state index contributed by atoms with van der Waals surface area (Å²) in [6.45, 7) is 2.03. The molecule has 0 radical (unpaired) electrons. The van der Waals surface area contributed by atoms with E-state index in [2.05, 4.69) is 25.5 Å². The average Bonchev–Trinajstić information content (AvgIpc) is 3.25. The van der Waals surface area contributed by atoms with Crippen molar-refractivity contribution in [3.05, 3.63) is 78.6 Å². The van der Waals surface area contributed by atoms with Gasteiger partial charge in [-0.15, -0.1) is 5.10 Å². The van der Waals surface area contributed by atoms with Gasteiger partial charge in [-0.3, -0.25) is 14.9 Å². The number of thioether (sulfide) groups is 1. The van der Waals surface area contributed by atoms with Crippen molar-refractivity contribution in [2.75, 3.05) is 11.1 Å². The van der Waals surface area contributed by atoms with Crippen molar-refractivity contribution in [2.45, 2.75) is 12.1 Å². The first-order valence-electron chi connectivity index (χ1n) is 9.26. The highest BCUT2D eigenvalue weighted by Crippen LogP contribution is 2.24. The molecule has 0 aliphatic rings. The maximum absolute atomic E-state index is 12.2. The first-order valence-corrected chi connectivity index (χ1v) is 10.2. The molecular weight excluding hydrogens is 398 g/mol. The number of rotatable bonds is 7. The maximum Gasteiger partial charge on any atom is 0.234 e. The molecule has 0 aliphatic carbocycles. The van der Waals surface area contributed by atoms with Gasteiger partial charge in [0.05, 0.1) is 5.75 Å². The van der Waals surface area contributed by atoms with Crippen LogP contribution < -0.4 is 10.1 Å². The first kappa shape index (κ1) is 19.7. The number of aromatic amines is 1. The number of carbonyl (C=O) groups excluding carboxylic acids is 1. The van der Waals surface area contributed by atoms with Gasteiger partial charge in [-0.25, -0.2) is 4.98 Å². The zero-order valence-electron chi connectivity index (χ0n) is 16.2. The summed E-state index contributed by atoms with van der Waals surface area (Å²) in [5.41, 5.74) is 2.77. The minimum Gasteiger partial charge on any atom is -0.457 e. The van der Waals surface area contributed by atoms with Gasteiger partial charge in [0.25, 0.3) is 0 Å². The molecule has 0 saturated carbocycles. The summed E-state index contributed by atoms with van der Waals surface area (Å²) in [6, 6.07) is 18.8. The number of pyridine rings is 1. The number of nitrogens with one attached hydrogen (secondary N) is 2. The molecule has 30 heavy (non-hydrogen) atoms. The van der Waals surface area contributed by atoms with E-state index >= 15 is 0 Å². The Balaban J connectivity index is 1.28. The summed E-state index contributed by atoms with van der Waals surface area (Å²) in [4.78, 5) is 20.6. The van der Waals surface area contributed by atoms with E-state index in [9.17, 15) is 4.79 Å². The van der Waals surface area contributed by atoms with Gasteiger partial charge in [0.2, 0.25) is 11.1 Å². The number of nitrogens with zero attached hydrogens (tertiary/aromatic N) is 3. The van der Waals surface area contributed by atoms with Crippen LogP contribution in [0.25, 0.3) is 11.4 Å². The van der Waals surface area contributed by atoms with E-state index < -0.39 is 0 Å². The summed E-state index contributed by atoms with van der Waals surface area (Å²) in [5, 5.41) is 10.4. The van der Waals surface area contributed by atoms with E-state index in [4.69, 9.17) is 4.74 Å². The number of hydrogen-bond donors (Lipinski definition) is 2. The molecule has 0 unspecified atom stereocenters. The molecule has 8 heteroatoms. The largest absolute Gasteiger partial charge is 0.457 e. The fourth-order valence-corrected chi connectivity index (χ4v) is 3.22. The third-order valence-electron chi connectivity index (χ3n) is 4.15. The molecule has 0 fully saturated rings. The van der Waals surface area contributed by atoms with Crippen LogP contribution in [-0.4, -0.2) is 31.8 Å². The maximum atomic E-state index is 12.2. The van der Waals surface area contributed by atoms with Gasteiger partial charge < -0.3 is 10.1 Å². The van der Waals surface area contributed by atoms with Crippen LogP contribution in [0.2, 0.25) is 0 Å². The van der Waals surface area contributed by atoms with Crippen LogP contribution in [0.5, 0.6) is 11.5 Å². The minimum absolute atomic E-state index is 0.137. The number of hydrogen-bond acceptors (Lipinski definition) is 6. The Kier molecular flexibility index (Phi) is 6.05. The lowest BCUT2D eigenvalue weighted by atomic mass is 10.2. The molecule has 150 valence electrons. The van der Waals surface area contributed by atoms with Gasteiger partial charge in [0.15, 0.2) is 5.82 Å². The Morgan fingerprint density at radius 2 is 1.67 bits per heavy atom. The second-order valence-corrected chi connectivity index (χ2v) is 7.42. The number of aryl methyl sites for hydroxylation is 1. The highest BCUT2D eigenvalue weighted by molar-refractivity contribution is 7.99. The average molecular weight is 417 g/mol. The number of benzene rings is 2. The van der Waals surface area contributed by atoms with Gasteiger partial charge >= 0.3 is 0 Å². The molecule has 0 atom stereocenters. The van der Waals surface area contributed by atoms with Crippen molar-refractivity contribution >= 4 is 23.4 Å². The predicted molar refractivity (Wildman–Crippen MR) is 117 cm³/mol. The van der Waals surface area contributed by atoms with Crippen LogP contribution in [0.4, 0.5) is 5.69 Å². The molecule has 2 aromatic heterocycles. The molecule has 2 N–H and O–H groups in total. The number of H-pyrrole nitrogens is 1. The van der Waals surface area contributed by atoms with Crippen LogP contribution in [0.15, 0.2) is 78.2 Å². The lowest BCUT2D eigenvalue weighted by Crippen LogP contribution is -2.14. The molecular formula is C22H19N5O2S. The fraction of sp³-hybridized carbons (Fsp3) is 0.0909. The van der Waals surface area contributed by atoms with Crippen LogP contribution in [-0.2, 0) is 4.79 Å². The first-order chi connectivity index (χ1) is 14.7. The summed E-state index contributed by atoms with van der Waals surface area (Å²) in [5.74, 6) is 2.18. The van der Waals surface area contributed by atoms with Crippen LogP contribution in [0.1, 0.15) is 5.56 Å². The molecule has 0 spiro atoms. The smallest absolute Gasteiger partial charge is 0.234 e. The van der Waals surface area contributed by atoms with Crippen molar-refractivity contribution in [3.8, 4) is 22.9 Å². The van der Waals surface area contributed by atoms with Crippen molar-refractivity contribution in [3.63, 3.8) is 0 Å². The van der Waals surface area contributed by atoms with Crippen LogP contribution in [0.3, 0.4) is 0 Å². The van der Waals surface area contributed by atoms with E-state index in [0.717, 1.165) is 11.3 Å². The van der Waals surface area contributed by atoms with Crippen LogP contribution >= 0.6 is 11.8 Å². The van der Waals surface area contributed by atoms with Crippen molar-refractivity contribution in [1.29, 1.82) is 0 Å². The number of carbonyl (C=O) groups is 1. The topological polar surface area (TPSA) is 92.8 Å². The molecule has 2 aromatic carbocycles. The SMILES string of the molecule is Cc1ccc(Oc2ccc(NC(=O)CSc3n[nH]c(-c4ccncc4)n3)cc2)cc1. The molecule has 4 rings (SSSR count). The van der Waals surface area contributed by atoms with E-state index in [1.807, 2.05) is 55.5 Å². The Labute approximate surface area is 177 Å². The van der Waals surface area contributed by atoms with Crippen molar-refractivity contribution in [2.24, 2.45) is 0 Å². The quantitative estimate of drug-likeness (QED) is 0.424. The molecule has 4 aromatic rings. The molecule has 2 heterocycles. The summed E-state index contributed by atoms with van der Waals surface area (Å²) >= 11 is 1.26. The monoisotopic (exact) mass is 417 g/mol. The Bertz CT molecular complexity index is 1110. The van der Waals surface area contributed by atoms with Crippen LogP contribution in [0, 0.1) is 6.92 Å². The van der Waals surface area contributed by atoms with Gasteiger partial charge in [-0.2, -0.15) is 0 Å². The summed E-state index contributed by atoms with van der Waals surface area (Å²) in [7, 11) is 0. The Morgan fingerprint density at radius 3 is 2.37 bits per heavy atom. The lowest BCUT2D eigenvalue weighted by Gasteiger charge is -2.08. The zero-order chi connectivity index (χ0) is 20.8. The molecule has 1 amide bonds. The second kappa shape index (κ2) is 9.23. The lowest BCUT2D eigenvalue weighted by molar-refractivity contribution is -0.113. The number of amides is 1. The molecule has 0 saturated heterocycles. The predicted octanol–water partition coefficient (Wildman–Crippen LogP) is 4.70. The fourth-order valence-electron chi connectivity index (χ4n) is 2.63. The van der Waals surface area contributed by atoms with Gasteiger partial charge in [0.1, 0.15) is 11.5 Å². The van der Waals surface area contributed by atoms with E-state index in [0.29, 0.717) is 22.4 Å². The third kappa shape index (κ3) is 5.24. The van der Waals surface area contributed by atoms with Gasteiger partial charge in [0, 0.05) is 23.6 Å². The number of anilines is 1. The van der Waals surface area contributed by atoms with Crippen molar-refractivity contribution in [1.82, 2.24) is 20.2 Å². The van der Waals surface area contributed by atoms with E-state index in [-0.39, 0.29) is 11.7 Å². The number of aromatic nitrogens is 4. The normalized spacial score (nSPS) is 10.6. The molecule has 0 aliphatic heterocycles. The molecule has 7 nitrogen and oxygen atoms in total.